The summed E-state index contributed by atoms with van der Waals surface area (Å²) in [5, 5.41) is 14.7. The van der Waals surface area contributed by atoms with Gasteiger partial charge in [-0.25, -0.2) is 14.8 Å². The molecule has 6 nitrogen and oxygen atoms in total. The zero-order chi connectivity index (χ0) is 17.9. The highest BCUT2D eigenvalue weighted by Gasteiger charge is 2.25. The molecule has 1 aromatic heterocycles. The van der Waals surface area contributed by atoms with Crippen LogP contribution < -0.4 is 5.32 Å². The van der Waals surface area contributed by atoms with Crippen molar-refractivity contribution in [2.45, 2.75) is 6.42 Å². The van der Waals surface area contributed by atoms with Gasteiger partial charge in [0.25, 0.3) is 0 Å². The van der Waals surface area contributed by atoms with Gasteiger partial charge in [-0.3, -0.25) is 0 Å². The van der Waals surface area contributed by atoms with Crippen molar-refractivity contribution in [1.82, 2.24) is 14.9 Å². The maximum Gasteiger partial charge on any atom is 0.407 e. The van der Waals surface area contributed by atoms with E-state index in [2.05, 4.69) is 45.6 Å². The van der Waals surface area contributed by atoms with Crippen molar-refractivity contribution in [3.63, 3.8) is 0 Å². The van der Waals surface area contributed by atoms with E-state index < -0.39 is 6.09 Å². The molecule has 1 amide bonds. The number of aromatic nitrogens is 2. The molecule has 4 rings (SSSR count). The summed E-state index contributed by atoms with van der Waals surface area (Å²) in [4.78, 5) is 21.4. The lowest BCUT2D eigenvalue weighted by Crippen LogP contribution is -2.28. The monoisotopic (exact) mass is 348 g/mol. The van der Waals surface area contributed by atoms with Crippen LogP contribution in [0.5, 0.6) is 0 Å². The Hall–Kier alpha value is -3.15. The third kappa shape index (κ3) is 3.44. The van der Waals surface area contributed by atoms with Crippen LogP contribution in [0.15, 0.2) is 54.7 Å². The maximum atomic E-state index is 11.0. The summed E-state index contributed by atoms with van der Waals surface area (Å²) >= 11 is 0. The van der Waals surface area contributed by atoms with Crippen molar-refractivity contribution >= 4 is 22.8 Å². The molecule has 0 unspecified atom stereocenters. The Labute approximate surface area is 151 Å². The number of likely N-dealkylation sites (tertiary alicyclic amines) is 1. The van der Waals surface area contributed by atoms with Crippen molar-refractivity contribution in [3.8, 4) is 11.3 Å². The Kier molecular flexibility index (Phi) is 4.39. The number of anilines is 1. The zero-order valence-electron chi connectivity index (χ0n) is 14.3. The van der Waals surface area contributed by atoms with Crippen LogP contribution in [0.3, 0.4) is 0 Å². The lowest BCUT2D eigenvalue weighted by Gasteiger charge is -2.13. The average Bonchev–Trinajstić information content (AvgIpc) is 3.16. The topological polar surface area (TPSA) is 78.4 Å². The molecule has 1 aliphatic heterocycles. The van der Waals surface area contributed by atoms with Gasteiger partial charge in [-0.15, -0.1) is 0 Å². The second kappa shape index (κ2) is 7.00. The number of benzene rings is 2. The minimum absolute atomic E-state index is 0.291. The van der Waals surface area contributed by atoms with Gasteiger partial charge in [0.1, 0.15) is 0 Å². The minimum atomic E-state index is -0.845. The Balaban J connectivity index is 1.47. The highest BCUT2D eigenvalue weighted by atomic mass is 16.4. The van der Waals surface area contributed by atoms with Gasteiger partial charge in [0, 0.05) is 31.4 Å². The molecule has 26 heavy (non-hydrogen) atoms. The van der Waals surface area contributed by atoms with E-state index in [1.165, 1.54) is 15.7 Å². The van der Waals surface area contributed by atoms with Gasteiger partial charge in [-0.2, -0.15) is 0 Å². The van der Waals surface area contributed by atoms with Gasteiger partial charge in [0.2, 0.25) is 5.95 Å². The van der Waals surface area contributed by atoms with E-state index >= 15 is 0 Å². The van der Waals surface area contributed by atoms with E-state index in [9.17, 15) is 4.79 Å². The molecular weight excluding hydrogens is 328 g/mol. The molecule has 0 spiro atoms. The van der Waals surface area contributed by atoms with E-state index in [0.29, 0.717) is 31.5 Å². The number of carboxylic acid groups (broad SMARTS) is 1. The van der Waals surface area contributed by atoms with E-state index in [0.717, 1.165) is 17.7 Å². The third-order valence-corrected chi connectivity index (χ3v) is 4.81. The molecule has 2 N–H and O–H groups in total. The molecule has 0 bridgehead atoms. The Morgan fingerprint density at radius 1 is 1.19 bits per heavy atom. The smallest absolute Gasteiger partial charge is 0.407 e. The molecule has 6 heteroatoms. The van der Waals surface area contributed by atoms with Gasteiger partial charge in [0.05, 0.1) is 5.69 Å². The molecule has 0 saturated carbocycles. The van der Waals surface area contributed by atoms with Gasteiger partial charge in [-0.05, 0) is 35.2 Å². The van der Waals surface area contributed by atoms with Crippen LogP contribution >= 0.6 is 0 Å². The standard InChI is InChI=1S/C20H20N4O2/c25-20(26)24-10-8-14(13-24)12-22-19-21-9-7-18(23-19)17-6-5-15-3-1-2-4-16(15)11-17/h1-7,9,11,14H,8,10,12-13H2,(H,25,26)(H,21,22,23)/t14-/m1/s1. The molecule has 1 atom stereocenters. The van der Waals surface area contributed by atoms with E-state index in [1.54, 1.807) is 6.20 Å². The summed E-state index contributed by atoms with van der Waals surface area (Å²) < 4.78 is 0. The van der Waals surface area contributed by atoms with E-state index in [4.69, 9.17) is 5.11 Å². The number of amides is 1. The molecule has 132 valence electrons. The summed E-state index contributed by atoms with van der Waals surface area (Å²) in [5.41, 5.74) is 1.92. The molecule has 2 heterocycles. The fourth-order valence-electron chi connectivity index (χ4n) is 3.36. The summed E-state index contributed by atoms with van der Waals surface area (Å²) in [6.07, 6.45) is 1.77. The third-order valence-electron chi connectivity index (χ3n) is 4.81. The second-order valence-electron chi connectivity index (χ2n) is 6.59. The first-order valence-electron chi connectivity index (χ1n) is 8.73. The summed E-state index contributed by atoms with van der Waals surface area (Å²) in [6.45, 7) is 1.83. The van der Waals surface area contributed by atoms with Gasteiger partial charge in [0.15, 0.2) is 0 Å². The Morgan fingerprint density at radius 3 is 2.85 bits per heavy atom. The molecule has 1 saturated heterocycles. The van der Waals surface area contributed by atoms with Gasteiger partial charge < -0.3 is 15.3 Å². The first-order valence-corrected chi connectivity index (χ1v) is 8.73. The molecular formula is C20H20N4O2. The highest BCUT2D eigenvalue weighted by molar-refractivity contribution is 5.86. The van der Waals surface area contributed by atoms with E-state index in [1.807, 2.05) is 18.2 Å². The predicted molar refractivity (Wildman–Crippen MR) is 101 cm³/mol. The number of hydrogen-bond donors (Lipinski definition) is 2. The highest BCUT2D eigenvalue weighted by Crippen LogP contribution is 2.23. The summed E-state index contributed by atoms with van der Waals surface area (Å²) in [6, 6.07) is 16.4. The number of rotatable bonds is 4. The van der Waals surface area contributed by atoms with Crippen LogP contribution in [-0.4, -0.2) is 45.7 Å². The molecule has 0 aliphatic carbocycles. The lowest BCUT2D eigenvalue weighted by atomic mass is 10.1. The van der Waals surface area contributed by atoms with Gasteiger partial charge in [-0.1, -0.05) is 36.4 Å². The normalized spacial score (nSPS) is 16.8. The first-order chi connectivity index (χ1) is 12.7. The zero-order valence-corrected chi connectivity index (χ0v) is 14.3. The van der Waals surface area contributed by atoms with Crippen molar-refractivity contribution in [1.29, 1.82) is 0 Å². The fraction of sp³-hybridized carbons (Fsp3) is 0.250. The fourth-order valence-corrected chi connectivity index (χ4v) is 3.36. The minimum Gasteiger partial charge on any atom is -0.465 e. The number of fused-ring (bicyclic) bond motifs is 1. The number of nitrogens with one attached hydrogen (secondary N) is 1. The largest absolute Gasteiger partial charge is 0.465 e. The van der Waals surface area contributed by atoms with E-state index in [-0.39, 0.29) is 0 Å². The van der Waals surface area contributed by atoms with Crippen molar-refractivity contribution < 1.29 is 9.90 Å². The average molecular weight is 348 g/mol. The van der Waals surface area contributed by atoms with Crippen LogP contribution in [0.2, 0.25) is 0 Å². The van der Waals surface area contributed by atoms with Crippen molar-refractivity contribution in [2.75, 3.05) is 25.0 Å². The van der Waals surface area contributed by atoms with Crippen LogP contribution in [0.4, 0.5) is 10.7 Å². The van der Waals surface area contributed by atoms with Gasteiger partial charge >= 0.3 is 6.09 Å². The summed E-state index contributed by atoms with van der Waals surface area (Å²) in [5.74, 6) is 0.864. The molecule has 2 aromatic carbocycles. The first kappa shape index (κ1) is 16.3. The molecule has 1 fully saturated rings. The second-order valence-corrected chi connectivity index (χ2v) is 6.59. The Morgan fingerprint density at radius 2 is 2.04 bits per heavy atom. The molecule has 3 aromatic rings. The van der Waals surface area contributed by atoms with Crippen molar-refractivity contribution in [2.24, 2.45) is 5.92 Å². The summed E-state index contributed by atoms with van der Waals surface area (Å²) in [7, 11) is 0. The number of nitrogens with zero attached hydrogens (tertiary/aromatic N) is 3. The van der Waals surface area contributed by atoms with Crippen LogP contribution in [-0.2, 0) is 0 Å². The maximum absolute atomic E-state index is 11.0. The van der Waals surface area contributed by atoms with Crippen LogP contribution in [0, 0.1) is 5.92 Å². The predicted octanol–water partition coefficient (Wildman–Crippen LogP) is 3.71. The lowest BCUT2D eigenvalue weighted by molar-refractivity contribution is 0.154. The number of hydrogen-bond acceptors (Lipinski definition) is 4. The number of carbonyl (C=O) groups is 1. The molecule has 0 radical (unpaired) electrons. The van der Waals surface area contributed by atoms with Crippen LogP contribution in [0.25, 0.3) is 22.0 Å². The van der Waals surface area contributed by atoms with Crippen molar-refractivity contribution in [3.05, 3.63) is 54.7 Å². The SMILES string of the molecule is O=C(O)N1CC[C@H](CNc2nccc(-c3ccc4ccccc4c3)n2)C1. The quantitative estimate of drug-likeness (QED) is 0.751. The molecule has 1 aliphatic rings. The van der Waals surface area contributed by atoms with Crippen LogP contribution in [0.1, 0.15) is 6.42 Å². The Bertz CT molecular complexity index is 944.